The van der Waals surface area contributed by atoms with Gasteiger partial charge in [0.15, 0.2) is 0 Å². The van der Waals surface area contributed by atoms with E-state index < -0.39 is 27.2 Å². The van der Waals surface area contributed by atoms with Crippen molar-refractivity contribution in [1.29, 1.82) is 0 Å². The Morgan fingerprint density at radius 2 is 1.41 bits per heavy atom. The lowest BCUT2D eigenvalue weighted by Crippen LogP contribution is -2.30. The molecule has 0 aromatic heterocycles. The molecule has 1 heterocycles. The molecule has 3 rings (SSSR count). The van der Waals surface area contributed by atoms with E-state index in [0.717, 1.165) is 11.1 Å². The smallest absolute Gasteiger partial charge is 0.242 e. The first-order valence-electron chi connectivity index (χ1n) is 7.00. The minimum Gasteiger partial charge on any atom is -0.295 e. The van der Waals surface area contributed by atoms with Crippen molar-refractivity contribution in [2.75, 3.05) is 0 Å². The van der Waals surface area contributed by atoms with E-state index in [0.29, 0.717) is 0 Å². The van der Waals surface area contributed by atoms with E-state index in [1.54, 1.807) is 0 Å². The summed E-state index contributed by atoms with van der Waals surface area (Å²) in [6.07, 6.45) is -0.0123. The molecular weight excluding hydrogens is 298 g/mol. The molecule has 1 aliphatic heterocycles. The van der Waals surface area contributed by atoms with Crippen LogP contribution in [0.4, 0.5) is 0 Å². The highest BCUT2D eigenvalue weighted by atomic mass is 32.2. The van der Waals surface area contributed by atoms with Crippen LogP contribution in [-0.4, -0.2) is 21.3 Å². The first kappa shape index (κ1) is 14.7. The van der Waals surface area contributed by atoms with Gasteiger partial charge in [0.2, 0.25) is 11.8 Å². The summed E-state index contributed by atoms with van der Waals surface area (Å²) < 4.78 is 13.0. The lowest BCUT2D eigenvalue weighted by molar-refractivity contribution is -0.124. The van der Waals surface area contributed by atoms with Gasteiger partial charge in [0.25, 0.3) is 0 Å². The fraction of sp³-hybridized carbons (Fsp3) is 0.176. The van der Waals surface area contributed by atoms with Crippen LogP contribution in [0.1, 0.15) is 22.8 Å². The summed E-state index contributed by atoms with van der Waals surface area (Å²) in [5, 5.41) is 1.01. The van der Waals surface area contributed by atoms with Gasteiger partial charge in [-0.2, -0.15) is 0 Å². The molecule has 2 unspecified atom stereocenters. The average molecular weight is 313 g/mol. The van der Waals surface area contributed by atoms with E-state index in [4.69, 9.17) is 0 Å². The van der Waals surface area contributed by atoms with Crippen molar-refractivity contribution in [3.05, 3.63) is 71.8 Å². The van der Waals surface area contributed by atoms with Gasteiger partial charge < -0.3 is 0 Å². The first-order valence-corrected chi connectivity index (χ1v) is 8.27. The molecule has 4 nitrogen and oxygen atoms in total. The number of hydrogen-bond acceptors (Lipinski definition) is 3. The van der Waals surface area contributed by atoms with Gasteiger partial charge >= 0.3 is 0 Å². The molecule has 1 fully saturated rings. The van der Waals surface area contributed by atoms with Crippen molar-refractivity contribution in [3.8, 4) is 0 Å². The Morgan fingerprint density at radius 3 is 1.82 bits per heavy atom. The van der Waals surface area contributed by atoms with Crippen molar-refractivity contribution < 1.29 is 13.8 Å². The second kappa shape index (κ2) is 6.23. The lowest BCUT2D eigenvalue weighted by Gasteiger charge is -2.20. The van der Waals surface area contributed by atoms with Crippen molar-refractivity contribution in [1.82, 2.24) is 5.32 Å². The zero-order valence-electron chi connectivity index (χ0n) is 11.8. The second-order valence-corrected chi connectivity index (χ2v) is 6.83. The average Bonchev–Trinajstić information content (AvgIpc) is 2.88. The van der Waals surface area contributed by atoms with Gasteiger partial charge in [-0.15, -0.1) is 0 Å². The normalized spacial score (nSPS) is 19.2. The SMILES string of the molecule is O=C1CC(S(=O)C(c2ccccc2)c2ccccc2)C(=O)N1. The van der Waals surface area contributed by atoms with Gasteiger partial charge in [-0.1, -0.05) is 60.7 Å². The van der Waals surface area contributed by atoms with Gasteiger partial charge in [-0.3, -0.25) is 19.1 Å². The minimum absolute atomic E-state index is 0.0123. The van der Waals surface area contributed by atoms with Crippen LogP contribution in [0.25, 0.3) is 0 Å². The van der Waals surface area contributed by atoms with Crippen LogP contribution in [0.15, 0.2) is 60.7 Å². The Hall–Kier alpha value is -2.27. The molecule has 1 saturated heterocycles. The van der Waals surface area contributed by atoms with Crippen LogP contribution >= 0.6 is 0 Å². The van der Waals surface area contributed by atoms with E-state index >= 15 is 0 Å². The summed E-state index contributed by atoms with van der Waals surface area (Å²) in [5.41, 5.74) is 1.75. The fourth-order valence-corrected chi connectivity index (χ4v) is 4.36. The van der Waals surface area contributed by atoms with Crippen LogP contribution in [0.2, 0.25) is 0 Å². The van der Waals surface area contributed by atoms with Crippen molar-refractivity contribution in [2.45, 2.75) is 16.9 Å². The molecule has 0 saturated carbocycles. The third kappa shape index (κ3) is 2.85. The molecule has 1 aliphatic rings. The summed E-state index contributed by atoms with van der Waals surface area (Å²) in [7, 11) is -1.52. The fourth-order valence-electron chi connectivity index (χ4n) is 2.60. The number of hydrogen-bond donors (Lipinski definition) is 1. The highest BCUT2D eigenvalue weighted by Gasteiger charge is 2.39. The molecular formula is C17H15NO3S. The number of amides is 2. The lowest BCUT2D eigenvalue weighted by atomic mass is 10.0. The molecule has 1 N–H and O–H groups in total. The predicted molar refractivity (Wildman–Crippen MR) is 84.4 cm³/mol. The molecule has 2 aromatic carbocycles. The van der Waals surface area contributed by atoms with Crippen LogP contribution in [0.3, 0.4) is 0 Å². The predicted octanol–water partition coefficient (Wildman–Crippen LogP) is 1.94. The Morgan fingerprint density at radius 1 is 0.909 bits per heavy atom. The van der Waals surface area contributed by atoms with E-state index in [9.17, 15) is 13.8 Å². The Labute approximate surface area is 131 Å². The molecule has 2 aromatic rings. The number of benzene rings is 2. The largest absolute Gasteiger partial charge is 0.295 e. The molecule has 0 spiro atoms. The standard InChI is InChI=1S/C17H15NO3S/c19-15-11-14(17(20)18-15)22(21)16(12-7-3-1-4-8-12)13-9-5-2-6-10-13/h1-10,14,16H,11H2,(H,18,19,20). The Kier molecular flexibility index (Phi) is 4.15. The van der Waals surface area contributed by atoms with Crippen LogP contribution < -0.4 is 5.32 Å². The highest BCUT2D eigenvalue weighted by Crippen LogP contribution is 2.31. The summed E-state index contributed by atoms with van der Waals surface area (Å²) in [6, 6.07) is 18.9. The van der Waals surface area contributed by atoms with Crippen LogP contribution in [0, 0.1) is 0 Å². The molecule has 2 atom stereocenters. The number of rotatable bonds is 4. The maximum Gasteiger partial charge on any atom is 0.242 e. The second-order valence-electron chi connectivity index (χ2n) is 5.14. The Balaban J connectivity index is 2.01. The van der Waals surface area contributed by atoms with Crippen LogP contribution in [0.5, 0.6) is 0 Å². The van der Waals surface area contributed by atoms with Gasteiger partial charge in [0, 0.05) is 10.8 Å². The van der Waals surface area contributed by atoms with E-state index in [-0.39, 0.29) is 12.3 Å². The summed E-state index contributed by atoms with van der Waals surface area (Å²) in [4.78, 5) is 23.3. The molecule has 5 heteroatoms. The van der Waals surface area contributed by atoms with Gasteiger partial charge in [0.1, 0.15) is 5.25 Å². The summed E-state index contributed by atoms with van der Waals surface area (Å²) in [5.74, 6) is -0.802. The maximum absolute atomic E-state index is 13.0. The van der Waals surface area contributed by atoms with Gasteiger partial charge in [-0.05, 0) is 11.1 Å². The van der Waals surface area contributed by atoms with Crippen molar-refractivity contribution in [3.63, 3.8) is 0 Å². The van der Waals surface area contributed by atoms with Crippen molar-refractivity contribution >= 4 is 22.6 Å². The summed E-state index contributed by atoms with van der Waals surface area (Å²) >= 11 is 0. The number of carbonyl (C=O) groups is 2. The molecule has 0 aliphatic carbocycles. The van der Waals surface area contributed by atoms with E-state index in [1.165, 1.54) is 0 Å². The highest BCUT2D eigenvalue weighted by molar-refractivity contribution is 7.87. The van der Waals surface area contributed by atoms with Gasteiger partial charge in [-0.25, -0.2) is 0 Å². The summed E-state index contributed by atoms with van der Waals surface area (Å²) in [6.45, 7) is 0. The number of carbonyl (C=O) groups excluding carboxylic acids is 2. The van der Waals surface area contributed by atoms with E-state index in [2.05, 4.69) is 5.32 Å². The third-order valence-electron chi connectivity index (χ3n) is 3.64. The zero-order chi connectivity index (χ0) is 15.5. The van der Waals surface area contributed by atoms with Crippen LogP contribution in [-0.2, 0) is 20.4 Å². The molecule has 2 amide bonds. The van der Waals surface area contributed by atoms with Crippen molar-refractivity contribution in [2.24, 2.45) is 0 Å². The first-order chi connectivity index (χ1) is 10.7. The molecule has 112 valence electrons. The molecule has 0 radical (unpaired) electrons. The minimum atomic E-state index is -1.52. The monoisotopic (exact) mass is 313 g/mol. The number of imide groups is 1. The molecule has 22 heavy (non-hydrogen) atoms. The molecule has 0 bridgehead atoms. The Bertz CT molecular complexity index is 676. The topological polar surface area (TPSA) is 63.2 Å². The third-order valence-corrected chi connectivity index (χ3v) is 5.59. The van der Waals surface area contributed by atoms with Gasteiger partial charge in [0.05, 0.1) is 11.7 Å². The van der Waals surface area contributed by atoms with E-state index in [1.807, 2.05) is 60.7 Å². The maximum atomic E-state index is 13.0. The quantitative estimate of drug-likeness (QED) is 0.878. The number of nitrogens with one attached hydrogen (secondary N) is 1. The zero-order valence-corrected chi connectivity index (χ0v) is 12.6.